The number of rotatable bonds is 5. The lowest BCUT2D eigenvalue weighted by Crippen LogP contribution is -2.26. The minimum absolute atomic E-state index is 0.726. The highest BCUT2D eigenvalue weighted by atomic mass is 14.9. The van der Waals surface area contributed by atoms with Crippen LogP contribution in [0.1, 0.15) is 44.1 Å². The van der Waals surface area contributed by atoms with E-state index in [4.69, 9.17) is 0 Å². The zero-order chi connectivity index (χ0) is 14.5. The fourth-order valence-corrected chi connectivity index (χ4v) is 3.40. The molecule has 0 saturated heterocycles. The van der Waals surface area contributed by atoms with E-state index >= 15 is 0 Å². The first-order chi connectivity index (χ1) is 10.4. The first-order valence-corrected chi connectivity index (χ1v) is 8.25. The van der Waals surface area contributed by atoms with Gasteiger partial charge in [-0.05, 0) is 54.8 Å². The second-order valence-electron chi connectivity index (χ2n) is 6.15. The van der Waals surface area contributed by atoms with Crippen LogP contribution >= 0.6 is 0 Å². The maximum absolute atomic E-state index is 3.67. The molecule has 0 amide bonds. The third kappa shape index (κ3) is 3.54. The quantitative estimate of drug-likeness (QED) is 0.813. The van der Waals surface area contributed by atoms with Crippen molar-refractivity contribution in [2.24, 2.45) is 0 Å². The van der Waals surface area contributed by atoms with Crippen LogP contribution < -0.4 is 5.32 Å². The third-order valence-corrected chi connectivity index (χ3v) is 4.60. The summed E-state index contributed by atoms with van der Waals surface area (Å²) in [6.45, 7) is 3.39. The summed E-state index contributed by atoms with van der Waals surface area (Å²) in [4.78, 5) is 0. The van der Waals surface area contributed by atoms with Crippen molar-refractivity contribution in [3.63, 3.8) is 0 Å². The summed E-state index contributed by atoms with van der Waals surface area (Å²) in [5, 5.41) is 3.67. The Balaban J connectivity index is 1.65. The van der Waals surface area contributed by atoms with E-state index in [0.717, 1.165) is 18.5 Å². The van der Waals surface area contributed by atoms with Crippen LogP contribution in [0.2, 0.25) is 0 Å². The van der Waals surface area contributed by atoms with E-state index in [0.29, 0.717) is 0 Å². The predicted octanol–water partition coefficient (Wildman–Crippen LogP) is 4.99. The van der Waals surface area contributed by atoms with Gasteiger partial charge < -0.3 is 5.32 Å². The van der Waals surface area contributed by atoms with E-state index < -0.39 is 0 Å². The van der Waals surface area contributed by atoms with Crippen molar-refractivity contribution in [2.45, 2.75) is 44.6 Å². The van der Waals surface area contributed by atoms with Crippen molar-refractivity contribution in [3.05, 3.63) is 60.2 Å². The van der Waals surface area contributed by atoms with Gasteiger partial charge in [-0.2, -0.15) is 0 Å². The summed E-state index contributed by atoms with van der Waals surface area (Å²) in [7, 11) is 0. The van der Waals surface area contributed by atoms with Crippen LogP contribution in [-0.4, -0.2) is 12.6 Å². The molecule has 2 aromatic rings. The van der Waals surface area contributed by atoms with Crippen LogP contribution in [0.4, 0.5) is 0 Å². The van der Waals surface area contributed by atoms with Crippen LogP contribution in [0, 0.1) is 0 Å². The molecule has 1 fully saturated rings. The summed E-state index contributed by atoms with van der Waals surface area (Å²) in [5.41, 5.74) is 4.13. The van der Waals surface area contributed by atoms with Gasteiger partial charge in [0.05, 0.1) is 0 Å². The molecule has 0 bridgehead atoms. The van der Waals surface area contributed by atoms with E-state index in [-0.39, 0.29) is 0 Å². The van der Waals surface area contributed by atoms with Gasteiger partial charge in [0.25, 0.3) is 0 Å². The Bertz CT molecular complexity index is 544. The zero-order valence-electron chi connectivity index (χ0n) is 12.9. The van der Waals surface area contributed by atoms with Crippen molar-refractivity contribution in [2.75, 3.05) is 6.54 Å². The van der Waals surface area contributed by atoms with Crippen molar-refractivity contribution < 1.29 is 0 Å². The highest BCUT2D eigenvalue weighted by Gasteiger charge is 2.25. The Morgan fingerprint density at radius 3 is 2.33 bits per heavy atom. The predicted molar refractivity (Wildman–Crippen MR) is 90.6 cm³/mol. The lowest BCUT2D eigenvalue weighted by atomic mass is 9.95. The molecule has 0 radical (unpaired) electrons. The molecule has 0 aromatic heterocycles. The highest BCUT2D eigenvalue weighted by molar-refractivity contribution is 5.63. The zero-order valence-corrected chi connectivity index (χ0v) is 12.9. The molecule has 2 aromatic carbocycles. The fourth-order valence-electron chi connectivity index (χ4n) is 3.40. The third-order valence-electron chi connectivity index (χ3n) is 4.60. The van der Waals surface area contributed by atoms with Crippen molar-refractivity contribution in [1.82, 2.24) is 5.32 Å². The summed E-state index contributed by atoms with van der Waals surface area (Å²) in [5.74, 6) is 0.740. The summed E-state index contributed by atoms with van der Waals surface area (Å²) in [6, 6.07) is 20.6. The number of nitrogens with one attached hydrogen (secondary N) is 1. The Morgan fingerprint density at radius 2 is 1.62 bits per heavy atom. The Hall–Kier alpha value is -1.60. The number of hydrogen-bond acceptors (Lipinski definition) is 1. The van der Waals surface area contributed by atoms with Gasteiger partial charge in [-0.3, -0.25) is 0 Å². The topological polar surface area (TPSA) is 12.0 Å². The molecule has 0 heterocycles. The number of benzene rings is 2. The molecule has 1 aliphatic rings. The Kier molecular flexibility index (Phi) is 4.72. The highest BCUT2D eigenvalue weighted by Crippen LogP contribution is 2.35. The van der Waals surface area contributed by atoms with Gasteiger partial charge in [0.15, 0.2) is 0 Å². The van der Waals surface area contributed by atoms with E-state index in [9.17, 15) is 0 Å². The van der Waals surface area contributed by atoms with E-state index in [1.54, 1.807) is 0 Å². The second-order valence-corrected chi connectivity index (χ2v) is 6.15. The van der Waals surface area contributed by atoms with E-state index in [2.05, 4.69) is 66.8 Å². The molecule has 2 unspecified atom stereocenters. The maximum atomic E-state index is 3.67. The SMILES string of the molecule is CCCNC1CCC(c2ccc(-c3ccccc3)cc2)C1. The molecule has 3 rings (SSSR count). The Labute approximate surface area is 128 Å². The van der Waals surface area contributed by atoms with Gasteiger partial charge in [-0.15, -0.1) is 0 Å². The molecule has 21 heavy (non-hydrogen) atoms. The summed E-state index contributed by atoms with van der Waals surface area (Å²) in [6.07, 6.45) is 5.18. The standard InChI is InChI=1S/C20H25N/c1-2-14-21-20-13-12-19(15-20)18-10-8-17(9-11-18)16-6-4-3-5-7-16/h3-11,19-21H,2,12-15H2,1H3. The minimum atomic E-state index is 0.726. The largest absolute Gasteiger partial charge is 0.314 e. The lowest BCUT2D eigenvalue weighted by molar-refractivity contribution is 0.517. The molecule has 1 heteroatoms. The molecule has 110 valence electrons. The van der Waals surface area contributed by atoms with E-state index in [1.165, 1.54) is 42.4 Å². The molecule has 1 saturated carbocycles. The van der Waals surface area contributed by atoms with Gasteiger partial charge >= 0.3 is 0 Å². The Morgan fingerprint density at radius 1 is 0.905 bits per heavy atom. The average molecular weight is 279 g/mol. The molecule has 2 atom stereocenters. The van der Waals surface area contributed by atoms with Gasteiger partial charge in [-0.25, -0.2) is 0 Å². The van der Waals surface area contributed by atoms with Crippen LogP contribution in [0.5, 0.6) is 0 Å². The molecule has 1 nitrogen and oxygen atoms in total. The molecular weight excluding hydrogens is 254 g/mol. The van der Waals surface area contributed by atoms with Gasteiger partial charge in [-0.1, -0.05) is 61.5 Å². The van der Waals surface area contributed by atoms with Crippen molar-refractivity contribution in [1.29, 1.82) is 0 Å². The second kappa shape index (κ2) is 6.91. The molecular formula is C20H25N. The summed E-state index contributed by atoms with van der Waals surface area (Å²) >= 11 is 0. The van der Waals surface area contributed by atoms with Crippen molar-refractivity contribution >= 4 is 0 Å². The fraction of sp³-hybridized carbons (Fsp3) is 0.400. The van der Waals surface area contributed by atoms with Gasteiger partial charge in [0.1, 0.15) is 0 Å². The number of hydrogen-bond donors (Lipinski definition) is 1. The van der Waals surface area contributed by atoms with Crippen LogP contribution in [0.15, 0.2) is 54.6 Å². The van der Waals surface area contributed by atoms with Gasteiger partial charge in [0.2, 0.25) is 0 Å². The summed E-state index contributed by atoms with van der Waals surface area (Å²) < 4.78 is 0. The maximum Gasteiger partial charge on any atom is 0.00730 e. The minimum Gasteiger partial charge on any atom is -0.314 e. The average Bonchev–Trinajstić information content (AvgIpc) is 3.03. The van der Waals surface area contributed by atoms with Crippen LogP contribution in [0.3, 0.4) is 0 Å². The lowest BCUT2D eigenvalue weighted by Gasteiger charge is -2.13. The molecule has 1 aliphatic carbocycles. The van der Waals surface area contributed by atoms with Gasteiger partial charge in [0, 0.05) is 6.04 Å². The monoisotopic (exact) mass is 279 g/mol. The van der Waals surface area contributed by atoms with E-state index in [1.807, 2.05) is 0 Å². The first kappa shape index (κ1) is 14.3. The molecule has 0 aliphatic heterocycles. The molecule has 0 spiro atoms. The van der Waals surface area contributed by atoms with Crippen LogP contribution in [-0.2, 0) is 0 Å². The van der Waals surface area contributed by atoms with Crippen molar-refractivity contribution in [3.8, 4) is 11.1 Å². The first-order valence-electron chi connectivity index (χ1n) is 8.25. The normalized spacial score (nSPS) is 21.6. The van der Waals surface area contributed by atoms with Crippen LogP contribution in [0.25, 0.3) is 11.1 Å². The molecule has 1 N–H and O–H groups in total. The smallest absolute Gasteiger partial charge is 0.00730 e.